The Morgan fingerprint density at radius 2 is 1.92 bits per heavy atom. The Balaban J connectivity index is 2.90. The van der Waals surface area contributed by atoms with Gasteiger partial charge in [-0.05, 0) is 20.8 Å². The molecule has 3 N–H and O–H groups in total. The number of hydrogen-bond acceptors (Lipinski definition) is 4. The van der Waals surface area contributed by atoms with Gasteiger partial charge in [0.05, 0.1) is 12.7 Å². The van der Waals surface area contributed by atoms with E-state index < -0.39 is 23.4 Å². The molecule has 0 aromatic rings. The third-order valence-corrected chi connectivity index (χ3v) is 2.71. The highest BCUT2D eigenvalue weighted by molar-refractivity contribution is 5.05. The quantitative estimate of drug-likeness (QED) is 0.492. The molecule has 4 atom stereocenters. The second kappa shape index (κ2) is 2.67. The normalized spacial score (nSPS) is 54.5. The number of ether oxygens (including phenoxy) is 1. The lowest BCUT2D eigenvalue weighted by Gasteiger charge is -2.28. The fraction of sp³-hybridized carbons (Fsp3) is 1.00. The van der Waals surface area contributed by atoms with E-state index >= 15 is 0 Å². The van der Waals surface area contributed by atoms with E-state index in [0.717, 1.165) is 0 Å². The molecule has 0 aromatic heterocycles. The van der Waals surface area contributed by atoms with E-state index in [1.54, 1.807) is 13.8 Å². The third-order valence-electron chi connectivity index (χ3n) is 2.71. The zero-order valence-electron chi connectivity index (χ0n) is 7.61. The van der Waals surface area contributed by atoms with Crippen molar-refractivity contribution < 1.29 is 20.1 Å². The molecular formula is C8H16O4. The summed E-state index contributed by atoms with van der Waals surface area (Å²) >= 11 is 0. The van der Waals surface area contributed by atoms with Crippen LogP contribution in [0.1, 0.15) is 20.8 Å². The maximum Gasteiger partial charge on any atom is 0.117 e. The van der Waals surface area contributed by atoms with Crippen LogP contribution in [0.3, 0.4) is 0 Å². The highest BCUT2D eigenvalue weighted by Crippen LogP contribution is 2.37. The van der Waals surface area contributed by atoms with Gasteiger partial charge < -0.3 is 20.1 Å². The molecule has 1 fully saturated rings. The molecule has 1 aliphatic rings. The van der Waals surface area contributed by atoms with Crippen LogP contribution in [0.5, 0.6) is 0 Å². The van der Waals surface area contributed by atoms with Crippen molar-refractivity contribution in [2.75, 3.05) is 6.61 Å². The Kier molecular flexibility index (Phi) is 2.21. The van der Waals surface area contributed by atoms with E-state index in [1.807, 2.05) is 0 Å². The lowest BCUT2D eigenvalue weighted by Crippen LogP contribution is -2.49. The van der Waals surface area contributed by atoms with Gasteiger partial charge >= 0.3 is 0 Å². The van der Waals surface area contributed by atoms with Gasteiger partial charge in [0.25, 0.3) is 0 Å². The number of aliphatic hydroxyl groups is 3. The van der Waals surface area contributed by atoms with Crippen molar-refractivity contribution in [2.45, 2.75) is 44.2 Å². The van der Waals surface area contributed by atoms with Gasteiger partial charge in [0.2, 0.25) is 0 Å². The number of rotatable bonds is 1. The zero-order valence-corrected chi connectivity index (χ0v) is 7.61. The topological polar surface area (TPSA) is 69.9 Å². The maximum atomic E-state index is 9.71. The monoisotopic (exact) mass is 176 g/mol. The molecular weight excluding hydrogens is 160 g/mol. The fourth-order valence-corrected chi connectivity index (χ4v) is 1.55. The lowest BCUT2D eigenvalue weighted by atomic mass is 9.88. The first kappa shape index (κ1) is 9.92. The van der Waals surface area contributed by atoms with Crippen LogP contribution in [-0.2, 0) is 4.74 Å². The molecule has 0 spiro atoms. The Hall–Kier alpha value is -0.160. The molecule has 1 saturated heterocycles. The highest BCUT2D eigenvalue weighted by atomic mass is 16.6. The molecule has 4 nitrogen and oxygen atoms in total. The van der Waals surface area contributed by atoms with E-state index in [4.69, 9.17) is 9.84 Å². The number of aliphatic hydroxyl groups excluding tert-OH is 2. The van der Waals surface area contributed by atoms with Crippen molar-refractivity contribution in [1.29, 1.82) is 0 Å². The van der Waals surface area contributed by atoms with E-state index in [2.05, 4.69) is 0 Å². The molecule has 0 aliphatic carbocycles. The van der Waals surface area contributed by atoms with Crippen molar-refractivity contribution in [3.8, 4) is 0 Å². The van der Waals surface area contributed by atoms with Crippen molar-refractivity contribution in [3.63, 3.8) is 0 Å². The molecule has 12 heavy (non-hydrogen) atoms. The van der Waals surface area contributed by atoms with Crippen LogP contribution < -0.4 is 0 Å². The van der Waals surface area contributed by atoms with Crippen molar-refractivity contribution in [2.24, 2.45) is 0 Å². The second-order valence-corrected chi connectivity index (χ2v) is 3.86. The summed E-state index contributed by atoms with van der Waals surface area (Å²) in [5, 5.41) is 28.3. The minimum Gasteiger partial charge on any atom is -0.393 e. The first-order valence-corrected chi connectivity index (χ1v) is 4.03. The summed E-state index contributed by atoms with van der Waals surface area (Å²) < 4.78 is 5.28. The minimum absolute atomic E-state index is 0.297. The van der Waals surface area contributed by atoms with Crippen molar-refractivity contribution in [3.05, 3.63) is 0 Å². The molecule has 0 amide bonds. The SMILES string of the molecule is C[C@@H]1O[C@](C)(CO)[C@@H](O)[C@]1(C)O. The van der Waals surface area contributed by atoms with Crippen LogP contribution in [0, 0.1) is 0 Å². The van der Waals surface area contributed by atoms with Gasteiger partial charge in [0.1, 0.15) is 17.3 Å². The molecule has 0 bridgehead atoms. The highest BCUT2D eigenvalue weighted by Gasteiger charge is 2.56. The molecule has 4 heteroatoms. The summed E-state index contributed by atoms with van der Waals surface area (Å²) in [5.74, 6) is 0. The lowest BCUT2D eigenvalue weighted by molar-refractivity contribution is -0.0970. The Labute approximate surface area is 71.8 Å². The van der Waals surface area contributed by atoms with Crippen LogP contribution in [0.4, 0.5) is 0 Å². The predicted octanol–water partition coefficient (Wildman–Crippen LogP) is -0.732. The minimum atomic E-state index is -1.28. The van der Waals surface area contributed by atoms with Gasteiger partial charge in [-0.2, -0.15) is 0 Å². The smallest absolute Gasteiger partial charge is 0.117 e. The fourth-order valence-electron chi connectivity index (χ4n) is 1.55. The van der Waals surface area contributed by atoms with Crippen molar-refractivity contribution in [1.82, 2.24) is 0 Å². The van der Waals surface area contributed by atoms with Crippen molar-refractivity contribution >= 4 is 0 Å². The van der Waals surface area contributed by atoms with Gasteiger partial charge in [-0.1, -0.05) is 0 Å². The van der Waals surface area contributed by atoms with Gasteiger partial charge in [-0.25, -0.2) is 0 Å². The summed E-state index contributed by atoms with van der Waals surface area (Å²) in [6.45, 7) is 4.46. The molecule has 0 aromatic carbocycles. The molecule has 1 heterocycles. The second-order valence-electron chi connectivity index (χ2n) is 3.86. The summed E-state index contributed by atoms with van der Waals surface area (Å²) in [4.78, 5) is 0. The van der Waals surface area contributed by atoms with E-state index in [9.17, 15) is 10.2 Å². The Morgan fingerprint density at radius 3 is 2.08 bits per heavy atom. The predicted molar refractivity (Wildman–Crippen MR) is 42.7 cm³/mol. The third kappa shape index (κ3) is 1.15. The summed E-state index contributed by atoms with van der Waals surface area (Å²) in [6, 6.07) is 0. The van der Waals surface area contributed by atoms with Gasteiger partial charge in [0, 0.05) is 0 Å². The summed E-state index contributed by atoms with van der Waals surface area (Å²) in [6.07, 6.45) is -1.52. The molecule has 0 radical (unpaired) electrons. The average molecular weight is 176 g/mol. The summed E-state index contributed by atoms with van der Waals surface area (Å²) in [7, 11) is 0. The van der Waals surface area contributed by atoms with E-state index in [1.165, 1.54) is 6.92 Å². The summed E-state index contributed by atoms with van der Waals surface area (Å²) in [5.41, 5.74) is -2.32. The first-order valence-electron chi connectivity index (χ1n) is 4.03. The van der Waals surface area contributed by atoms with Gasteiger partial charge in [0.15, 0.2) is 0 Å². The van der Waals surface area contributed by atoms with Crippen LogP contribution in [0.15, 0.2) is 0 Å². The molecule has 0 saturated carbocycles. The molecule has 0 unspecified atom stereocenters. The first-order chi connectivity index (χ1) is 5.34. The zero-order chi connectivity index (χ0) is 9.57. The maximum absolute atomic E-state index is 9.71. The Bertz CT molecular complexity index is 180. The average Bonchev–Trinajstić information content (AvgIpc) is 2.14. The van der Waals surface area contributed by atoms with E-state index in [-0.39, 0.29) is 6.61 Å². The van der Waals surface area contributed by atoms with Gasteiger partial charge in [-0.15, -0.1) is 0 Å². The molecule has 1 rings (SSSR count). The van der Waals surface area contributed by atoms with Crippen LogP contribution >= 0.6 is 0 Å². The number of hydrogen-bond donors (Lipinski definition) is 3. The molecule has 1 aliphatic heterocycles. The van der Waals surface area contributed by atoms with Crippen LogP contribution in [0.2, 0.25) is 0 Å². The Morgan fingerprint density at radius 1 is 1.42 bits per heavy atom. The van der Waals surface area contributed by atoms with Crippen LogP contribution in [0.25, 0.3) is 0 Å². The van der Waals surface area contributed by atoms with Crippen LogP contribution in [-0.4, -0.2) is 45.3 Å². The van der Waals surface area contributed by atoms with E-state index in [0.29, 0.717) is 0 Å². The standard InChI is InChI=1S/C8H16O4/c1-5-8(3,11)6(10)7(2,4-9)12-5/h5-6,9-11H,4H2,1-3H3/t5-,6+,7+,8+/m0/s1. The van der Waals surface area contributed by atoms with Gasteiger partial charge in [-0.3, -0.25) is 0 Å². The molecule has 72 valence electrons. The largest absolute Gasteiger partial charge is 0.393 e.